The maximum Gasteiger partial charge on any atom is 0.342 e. The molecule has 24 heavy (non-hydrogen) atoms. The fourth-order valence-electron chi connectivity index (χ4n) is 3.24. The molecule has 1 heterocycles. The molecule has 0 aromatic heterocycles. The number of phenols is 1. The van der Waals surface area contributed by atoms with Gasteiger partial charge in [-0.05, 0) is 38.7 Å². The molecular formula is C20H28O4. The first-order valence-electron chi connectivity index (χ1n) is 8.75. The van der Waals surface area contributed by atoms with Crippen molar-refractivity contribution >= 4 is 5.97 Å². The van der Waals surface area contributed by atoms with Crippen LogP contribution in [-0.4, -0.2) is 18.2 Å². The summed E-state index contributed by atoms with van der Waals surface area (Å²) in [7, 11) is 1.59. The third-order valence-corrected chi connectivity index (χ3v) is 4.73. The summed E-state index contributed by atoms with van der Waals surface area (Å²) in [5.41, 5.74) is 3.88. The van der Waals surface area contributed by atoms with Gasteiger partial charge in [0.1, 0.15) is 23.7 Å². The molecule has 132 valence electrons. The second kappa shape index (κ2) is 8.22. The van der Waals surface area contributed by atoms with E-state index in [-0.39, 0.29) is 12.4 Å². The molecule has 0 amide bonds. The van der Waals surface area contributed by atoms with Crippen molar-refractivity contribution in [3.63, 3.8) is 0 Å². The summed E-state index contributed by atoms with van der Waals surface area (Å²) in [6.45, 7) is 6.43. The normalized spacial score (nSPS) is 13.8. The fraction of sp³-hybridized carbons (Fsp3) is 0.550. The van der Waals surface area contributed by atoms with Crippen molar-refractivity contribution in [2.75, 3.05) is 7.11 Å². The smallest absolute Gasteiger partial charge is 0.342 e. The summed E-state index contributed by atoms with van der Waals surface area (Å²) >= 11 is 0. The standard InChI is InChI=1S/C20H28O4/c1-5-6-7-8-9-13(2)10-11-15-18(21)17-16(12-24-20(17)22)14(3)19(15)23-4/h10,21H,5-9,11-12H2,1-4H3. The summed E-state index contributed by atoms with van der Waals surface area (Å²) in [4.78, 5) is 11.9. The number of aromatic hydroxyl groups is 1. The topological polar surface area (TPSA) is 55.8 Å². The van der Waals surface area contributed by atoms with Gasteiger partial charge in [-0.15, -0.1) is 0 Å². The Hall–Kier alpha value is -1.97. The number of rotatable bonds is 8. The molecule has 4 heteroatoms. The molecule has 0 bridgehead atoms. The van der Waals surface area contributed by atoms with Gasteiger partial charge in [0.2, 0.25) is 0 Å². The van der Waals surface area contributed by atoms with E-state index in [9.17, 15) is 9.90 Å². The maximum absolute atomic E-state index is 11.9. The van der Waals surface area contributed by atoms with E-state index in [1.165, 1.54) is 31.3 Å². The minimum Gasteiger partial charge on any atom is -0.507 e. The van der Waals surface area contributed by atoms with Crippen LogP contribution in [0.1, 0.15) is 73.0 Å². The highest BCUT2D eigenvalue weighted by Gasteiger charge is 2.31. The van der Waals surface area contributed by atoms with Gasteiger partial charge in [-0.3, -0.25) is 0 Å². The average molecular weight is 332 g/mol. The van der Waals surface area contributed by atoms with Gasteiger partial charge in [0.05, 0.1) is 7.11 Å². The van der Waals surface area contributed by atoms with Gasteiger partial charge in [0.15, 0.2) is 0 Å². The number of methoxy groups -OCH3 is 1. The molecule has 0 radical (unpaired) electrons. The molecule has 0 spiro atoms. The number of ether oxygens (including phenoxy) is 2. The number of benzene rings is 1. The van der Waals surface area contributed by atoms with Crippen LogP contribution in [0.5, 0.6) is 11.5 Å². The Labute approximate surface area is 144 Å². The van der Waals surface area contributed by atoms with E-state index in [1.807, 2.05) is 6.92 Å². The van der Waals surface area contributed by atoms with Gasteiger partial charge >= 0.3 is 5.97 Å². The molecular weight excluding hydrogens is 304 g/mol. The maximum atomic E-state index is 11.9. The lowest BCUT2D eigenvalue weighted by atomic mass is 9.94. The molecule has 1 aliphatic rings. The van der Waals surface area contributed by atoms with Gasteiger partial charge in [-0.25, -0.2) is 4.79 Å². The fourth-order valence-corrected chi connectivity index (χ4v) is 3.24. The van der Waals surface area contributed by atoms with Gasteiger partial charge < -0.3 is 14.6 Å². The second-order valence-electron chi connectivity index (χ2n) is 6.48. The number of carbonyl (C=O) groups excluding carboxylic acids is 1. The molecule has 1 N–H and O–H groups in total. The Balaban J connectivity index is 2.22. The number of hydrogen-bond acceptors (Lipinski definition) is 4. The SMILES string of the molecule is CCCCCCC(C)=CCc1c(O)c2c(c(C)c1OC)COC2=O. The molecule has 0 atom stereocenters. The van der Waals surface area contributed by atoms with Crippen molar-refractivity contribution in [1.29, 1.82) is 0 Å². The summed E-state index contributed by atoms with van der Waals surface area (Å²) in [5.74, 6) is 0.208. The van der Waals surface area contributed by atoms with Crippen molar-refractivity contribution in [2.24, 2.45) is 0 Å². The number of unbranched alkanes of at least 4 members (excludes halogenated alkanes) is 3. The second-order valence-corrected chi connectivity index (χ2v) is 6.48. The molecule has 1 aromatic rings. The van der Waals surface area contributed by atoms with Crippen molar-refractivity contribution < 1.29 is 19.4 Å². The molecule has 0 saturated carbocycles. The summed E-state index contributed by atoms with van der Waals surface area (Å²) in [6.07, 6.45) is 8.68. The molecule has 2 rings (SSSR count). The zero-order valence-electron chi connectivity index (χ0n) is 15.2. The van der Waals surface area contributed by atoms with E-state index in [4.69, 9.17) is 9.47 Å². The van der Waals surface area contributed by atoms with Crippen LogP contribution in [0.2, 0.25) is 0 Å². The van der Waals surface area contributed by atoms with Crippen LogP contribution in [-0.2, 0) is 17.8 Å². The molecule has 0 saturated heterocycles. The molecule has 1 aliphatic heterocycles. The highest BCUT2D eigenvalue weighted by Crippen LogP contribution is 2.42. The first kappa shape index (κ1) is 18.4. The minimum absolute atomic E-state index is 0.00461. The summed E-state index contributed by atoms with van der Waals surface area (Å²) in [6, 6.07) is 0. The molecule has 4 nitrogen and oxygen atoms in total. The lowest BCUT2D eigenvalue weighted by Crippen LogP contribution is -2.03. The zero-order valence-corrected chi connectivity index (χ0v) is 15.2. The quantitative estimate of drug-likeness (QED) is 0.420. The van der Waals surface area contributed by atoms with Crippen molar-refractivity contribution in [3.05, 3.63) is 33.9 Å². The van der Waals surface area contributed by atoms with Gasteiger partial charge in [0, 0.05) is 11.1 Å². The third-order valence-electron chi connectivity index (χ3n) is 4.73. The number of carbonyl (C=O) groups is 1. The lowest BCUT2D eigenvalue weighted by molar-refractivity contribution is 0.0533. The average Bonchev–Trinajstić information content (AvgIpc) is 2.95. The first-order valence-corrected chi connectivity index (χ1v) is 8.75. The number of hydrogen-bond donors (Lipinski definition) is 1. The third kappa shape index (κ3) is 3.74. The number of esters is 1. The number of fused-ring (bicyclic) bond motifs is 1. The van der Waals surface area contributed by atoms with Crippen molar-refractivity contribution in [1.82, 2.24) is 0 Å². The van der Waals surface area contributed by atoms with E-state index in [1.54, 1.807) is 7.11 Å². The Morgan fingerprint density at radius 2 is 2.08 bits per heavy atom. The van der Waals surface area contributed by atoms with Crippen LogP contribution < -0.4 is 4.74 Å². The van der Waals surface area contributed by atoms with Gasteiger partial charge in [-0.1, -0.05) is 37.8 Å². The highest BCUT2D eigenvalue weighted by molar-refractivity contribution is 5.98. The van der Waals surface area contributed by atoms with Crippen molar-refractivity contribution in [2.45, 2.75) is 65.9 Å². The Kier molecular flexibility index (Phi) is 6.29. The number of phenolic OH excluding ortho intramolecular Hbond substituents is 1. The van der Waals surface area contributed by atoms with E-state index >= 15 is 0 Å². The lowest BCUT2D eigenvalue weighted by Gasteiger charge is -2.15. The van der Waals surface area contributed by atoms with Crippen LogP contribution >= 0.6 is 0 Å². The predicted octanol–water partition coefficient (Wildman–Crippen LogP) is 4.84. The van der Waals surface area contributed by atoms with Crippen molar-refractivity contribution in [3.8, 4) is 11.5 Å². The monoisotopic (exact) mass is 332 g/mol. The Morgan fingerprint density at radius 3 is 2.75 bits per heavy atom. The highest BCUT2D eigenvalue weighted by atomic mass is 16.5. The van der Waals surface area contributed by atoms with Crippen LogP contribution in [0, 0.1) is 6.92 Å². The van der Waals surface area contributed by atoms with E-state index in [2.05, 4.69) is 19.9 Å². The Bertz CT molecular complexity index is 644. The zero-order chi connectivity index (χ0) is 17.7. The van der Waals surface area contributed by atoms with Crippen LogP contribution in [0.15, 0.2) is 11.6 Å². The minimum atomic E-state index is -0.449. The van der Waals surface area contributed by atoms with Crippen LogP contribution in [0.4, 0.5) is 0 Å². The summed E-state index contributed by atoms with van der Waals surface area (Å²) in [5, 5.41) is 10.6. The molecule has 0 unspecified atom stereocenters. The van der Waals surface area contributed by atoms with E-state index in [0.29, 0.717) is 23.3 Å². The van der Waals surface area contributed by atoms with E-state index in [0.717, 1.165) is 17.5 Å². The van der Waals surface area contributed by atoms with Gasteiger partial charge in [0.25, 0.3) is 0 Å². The van der Waals surface area contributed by atoms with Gasteiger partial charge in [-0.2, -0.15) is 0 Å². The molecule has 0 fully saturated rings. The number of allylic oxidation sites excluding steroid dienone is 2. The summed E-state index contributed by atoms with van der Waals surface area (Å²) < 4.78 is 10.6. The predicted molar refractivity (Wildman–Crippen MR) is 94.7 cm³/mol. The molecule has 0 aliphatic carbocycles. The van der Waals surface area contributed by atoms with Crippen LogP contribution in [0.25, 0.3) is 0 Å². The molecule has 1 aromatic carbocycles. The number of cyclic esters (lactones) is 1. The first-order chi connectivity index (χ1) is 11.5. The largest absolute Gasteiger partial charge is 0.507 e. The van der Waals surface area contributed by atoms with E-state index < -0.39 is 5.97 Å². The Morgan fingerprint density at radius 1 is 1.33 bits per heavy atom. The van der Waals surface area contributed by atoms with Crippen LogP contribution in [0.3, 0.4) is 0 Å².